The van der Waals surface area contributed by atoms with Crippen molar-refractivity contribution in [3.8, 4) is 6.07 Å². The number of nitrogens with one attached hydrogen (secondary N) is 1. The molecule has 0 saturated carbocycles. The van der Waals surface area contributed by atoms with Gasteiger partial charge < -0.3 is 10.1 Å². The number of nitriles is 1. The maximum Gasteiger partial charge on any atom is 0.100 e. The molecule has 0 bridgehead atoms. The van der Waals surface area contributed by atoms with Gasteiger partial charge in [0.15, 0.2) is 0 Å². The molecule has 0 amide bonds. The number of aromatic nitrogens is 1. The molecular weight excluding hydrogens is 268 g/mol. The summed E-state index contributed by atoms with van der Waals surface area (Å²) in [4.78, 5) is 4.21. The van der Waals surface area contributed by atoms with Gasteiger partial charge in [0.1, 0.15) is 6.07 Å². The number of hydrogen-bond acceptors (Lipinski definition) is 3. The number of aliphatic hydroxyl groups excluding tert-OH is 1. The first kappa shape index (κ1) is 12.8. The number of fused-ring (bicyclic) bond motifs is 1. The van der Waals surface area contributed by atoms with Gasteiger partial charge in [-0.1, -0.05) is 36.0 Å². The Hall–Kier alpha value is -2.22. The van der Waals surface area contributed by atoms with Crippen LogP contribution in [0.25, 0.3) is 10.9 Å². The van der Waals surface area contributed by atoms with Gasteiger partial charge in [0.2, 0.25) is 0 Å². The molecular formula is C16H12N2OS. The molecule has 0 saturated heterocycles. The molecule has 4 heteroatoms. The summed E-state index contributed by atoms with van der Waals surface area (Å²) in [5, 5.41) is 20.5. The lowest BCUT2D eigenvalue weighted by Gasteiger charge is -2.04. The number of para-hydroxylation sites is 1. The van der Waals surface area contributed by atoms with E-state index in [9.17, 15) is 5.26 Å². The molecule has 3 rings (SSSR count). The zero-order valence-electron chi connectivity index (χ0n) is 10.6. The smallest absolute Gasteiger partial charge is 0.100 e. The van der Waals surface area contributed by atoms with Crippen molar-refractivity contribution in [1.29, 1.82) is 5.26 Å². The lowest BCUT2D eigenvalue weighted by molar-refractivity contribution is 0.281. The number of nitrogens with zero attached hydrogens (tertiary/aromatic N) is 1. The zero-order chi connectivity index (χ0) is 13.9. The van der Waals surface area contributed by atoms with Crippen molar-refractivity contribution in [2.75, 3.05) is 0 Å². The maximum absolute atomic E-state index is 9.20. The Kier molecular flexibility index (Phi) is 3.46. The van der Waals surface area contributed by atoms with Crippen molar-refractivity contribution in [3.05, 3.63) is 59.7 Å². The van der Waals surface area contributed by atoms with Crippen LogP contribution in [-0.4, -0.2) is 10.1 Å². The van der Waals surface area contributed by atoms with Crippen LogP contribution in [0.3, 0.4) is 0 Å². The summed E-state index contributed by atoms with van der Waals surface area (Å²) < 4.78 is 0. The molecule has 3 aromatic rings. The molecule has 0 atom stereocenters. The van der Waals surface area contributed by atoms with E-state index in [1.165, 1.54) is 11.8 Å². The highest BCUT2D eigenvalue weighted by atomic mass is 32.2. The monoisotopic (exact) mass is 280 g/mol. The van der Waals surface area contributed by atoms with E-state index in [1.54, 1.807) is 6.07 Å². The lowest BCUT2D eigenvalue weighted by Crippen LogP contribution is -1.87. The van der Waals surface area contributed by atoms with Crippen LogP contribution < -0.4 is 0 Å². The van der Waals surface area contributed by atoms with Gasteiger partial charge in [-0.15, -0.1) is 0 Å². The van der Waals surface area contributed by atoms with E-state index >= 15 is 0 Å². The van der Waals surface area contributed by atoms with Crippen molar-refractivity contribution in [3.63, 3.8) is 0 Å². The van der Waals surface area contributed by atoms with E-state index in [4.69, 9.17) is 5.11 Å². The number of H-pyrrole nitrogens is 1. The fraction of sp³-hybridized carbons (Fsp3) is 0.0625. The van der Waals surface area contributed by atoms with Gasteiger partial charge in [0.05, 0.1) is 17.2 Å². The van der Waals surface area contributed by atoms with Gasteiger partial charge in [-0.05, 0) is 29.8 Å². The van der Waals surface area contributed by atoms with Crippen LogP contribution in [0.15, 0.2) is 58.5 Å². The quantitative estimate of drug-likeness (QED) is 0.769. The van der Waals surface area contributed by atoms with Gasteiger partial charge >= 0.3 is 0 Å². The second kappa shape index (κ2) is 5.41. The molecule has 0 aliphatic carbocycles. The molecule has 0 fully saturated rings. The Bertz CT molecular complexity index is 769. The molecule has 0 radical (unpaired) electrons. The average Bonchev–Trinajstić information content (AvgIpc) is 2.90. The van der Waals surface area contributed by atoms with Crippen LogP contribution in [0.4, 0.5) is 0 Å². The van der Waals surface area contributed by atoms with Crippen LogP contribution in [0.2, 0.25) is 0 Å². The molecule has 2 N–H and O–H groups in total. The first-order valence-electron chi connectivity index (χ1n) is 6.19. The molecule has 2 aromatic carbocycles. The third-order valence-electron chi connectivity index (χ3n) is 3.07. The third-order valence-corrected chi connectivity index (χ3v) is 4.09. The van der Waals surface area contributed by atoms with Gasteiger partial charge in [0.25, 0.3) is 0 Å². The molecule has 0 aliphatic rings. The summed E-state index contributed by atoms with van der Waals surface area (Å²) >= 11 is 1.52. The topological polar surface area (TPSA) is 59.8 Å². The van der Waals surface area contributed by atoms with Crippen molar-refractivity contribution in [2.24, 2.45) is 0 Å². The SMILES string of the molecule is N#Cc1cc(CO)ccc1Sc1cc2ccccc2[nH]1. The summed E-state index contributed by atoms with van der Waals surface area (Å²) in [6.45, 7) is -0.0496. The fourth-order valence-electron chi connectivity index (χ4n) is 2.07. The number of rotatable bonds is 3. The largest absolute Gasteiger partial charge is 0.392 e. The van der Waals surface area contributed by atoms with E-state index < -0.39 is 0 Å². The molecule has 98 valence electrons. The maximum atomic E-state index is 9.20. The lowest BCUT2D eigenvalue weighted by atomic mass is 10.1. The van der Waals surface area contributed by atoms with Crippen molar-refractivity contribution >= 4 is 22.7 Å². The fourth-order valence-corrected chi connectivity index (χ4v) is 3.01. The normalized spacial score (nSPS) is 10.6. The Morgan fingerprint density at radius 3 is 2.75 bits per heavy atom. The highest BCUT2D eigenvalue weighted by Gasteiger charge is 2.07. The molecule has 1 aromatic heterocycles. The van der Waals surface area contributed by atoms with Crippen LogP contribution in [-0.2, 0) is 6.61 Å². The highest BCUT2D eigenvalue weighted by molar-refractivity contribution is 7.99. The molecule has 1 heterocycles. The summed E-state index contributed by atoms with van der Waals surface area (Å²) in [7, 11) is 0. The summed E-state index contributed by atoms with van der Waals surface area (Å²) in [5.41, 5.74) is 2.42. The number of benzene rings is 2. The second-order valence-electron chi connectivity index (χ2n) is 4.42. The Balaban J connectivity index is 1.96. The van der Waals surface area contributed by atoms with Crippen LogP contribution >= 0.6 is 11.8 Å². The highest BCUT2D eigenvalue weighted by Crippen LogP contribution is 2.32. The molecule has 0 aliphatic heterocycles. The van der Waals surface area contributed by atoms with Crippen molar-refractivity contribution < 1.29 is 5.11 Å². The molecule has 0 unspecified atom stereocenters. The van der Waals surface area contributed by atoms with E-state index in [1.807, 2.05) is 30.3 Å². The first-order valence-corrected chi connectivity index (χ1v) is 7.01. The van der Waals surface area contributed by atoms with Crippen molar-refractivity contribution in [2.45, 2.75) is 16.5 Å². The van der Waals surface area contributed by atoms with Gasteiger partial charge in [-0.3, -0.25) is 0 Å². The van der Waals surface area contributed by atoms with Crippen LogP contribution in [0, 0.1) is 11.3 Å². The third kappa shape index (κ3) is 2.42. The predicted molar refractivity (Wildman–Crippen MR) is 79.5 cm³/mol. The first-order chi connectivity index (χ1) is 9.80. The Labute approximate surface area is 120 Å². The van der Waals surface area contributed by atoms with E-state index in [0.29, 0.717) is 5.56 Å². The predicted octanol–water partition coefficient (Wildman–Crippen LogP) is 3.68. The number of aromatic amines is 1. The number of hydrogen-bond donors (Lipinski definition) is 2. The van der Waals surface area contributed by atoms with E-state index in [0.717, 1.165) is 26.4 Å². The minimum Gasteiger partial charge on any atom is -0.392 e. The van der Waals surface area contributed by atoms with Crippen LogP contribution in [0.1, 0.15) is 11.1 Å². The minimum absolute atomic E-state index is 0.0496. The molecule has 0 spiro atoms. The summed E-state index contributed by atoms with van der Waals surface area (Å²) in [6, 6.07) is 17.8. The van der Waals surface area contributed by atoms with Gasteiger partial charge in [0, 0.05) is 15.8 Å². The second-order valence-corrected chi connectivity index (χ2v) is 5.51. The molecule has 3 nitrogen and oxygen atoms in total. The Morgan fingerprint density at radius 1 is 1.15 bits per heavy atom. The zero-order valence-corrected chi connectivity index (χ0v) is 11.4. The van der Waals surface area contributed by atoms with Gasteiger partial charge in [-0.2, -0.15) is 5.26 Å². The number of aliphatic hydroxyl groups is 1. The molecule has 20 heavy (non-hydrogen) atoms. The summed E-state index contributed by atoms with van der Waals surface area (Å²) in [6.07, 6.45) is 0. The van der Waals surface area contributed by atoms with Gasteiger partial charge in [-0.25, -0.2) is 0 Å². The Morgan fingerprint density at radius 2 is 2.00 bits per heavy atom. The van der Waals surface area contributed by atoms with Crippen molar-refractivity contribution in [1.82, 2.24) is 4.98 Å². The average molecular weight is 280 g/mol. The summed E-state index contributed by atoms with van der Waals surface area (Å²) in [5.74, 6) is 0. The van der Waals surface area contributed by atoms with Crippen LogP contribution in [0.5, 0.6) is 0 Å². The van der Waals surface area contributed by atoms with E-state index in [2.05, 4.69) is 23.2 Å². The minimum atomic E-state index is -0.0496. The standard InChI is InChI=1S/C16H12N2OS/c17-9-13-7-11(10-19)5-6-15(13)20-16-8-12-3-1-2-4-14(12)18-16/h1-8,18-19H,10H2. The van der Waals surface area contributed by atoms with E-state index in [-0.39, 0.29) is 6.61 Å².